The number of nitrogens with zero attached hydrogens (tertiary/aromatic N) is 5. The molecular formula is C16H22N6O. The van der Waals surface area contributed by atoms with E-state index in [1.165, 1.54) is 0 Å². The number of H-pyrrole nitrogens is 1. The molecule has 4 rings (SSSR count). The Morgan fingerprint density at radius 1 is 1.17 bits per heavy atom. The molecule has 7 nitrogen and oxygen atoms in total. The van der Waals surface area contributed by atoms with Crippen LogP contribution in [0, 0.1) is 0 Å². The van der Waals surface area contributed by atoms with Crippen molar-refractivity contribution in [3.05, 3.63) is 23.8 Å². The molecule has 1 aromatic heterocycles. The highest BCUT2D eigenvalue weighted by Gasteiger charge is 2.36. The van der Waals surface area contributed by atoms with Crippen molar-refractivity contribution in [2.45, 2.75) is 13.0 Å². The van der Waals surface area contributed by atoms with Crippen molar-refractivity contribution in [3.63, 3.8) is 0 Å². The number of aromatic amines is 1. The second kappa shape index (κ2) is 5.90. The Balaban J connectivity index is 1.35. The van der Waals surface area contributed by atoms with Crippen LogP contribution >= 0.6 is 0 Å². The Hall–Kier alpha value is -1.99. The van der Waals surface area contributed by atoms with E-state index in [-0.39, 0.29) is 5.91 Å². The van der Waals surface area contributed by atoms with Crippen molar-refractivity contribution in [3.8, 4) is 0 Å². The summed E-state index contributed by atoms with van der Waals surface area (Å²) in [5.74, 6) is 0.0957. The van der Waals surface area contributed by atoms with E-state index in [4.69, 9.17) is 0 Å². The maximum absolute atomic E-state index is 12.6. The lowest BCUT2D eigenvalue weighted by atomic mass is 10.0. The van der Waals surface area contributed by atoms with E-state index in [0.29, 0.717) is 11.6 Å². The number of carbonyl (C=O) groups excluding carboxylic acids is 1. The van der Waals surface area contributed by atoms with Crippen LogP contribution in [0.1, 0.15) is 17.3 Å². The number of hydrogen-bond donors (Lipinski definition) is 1. The Labute approximate surface area is 135 Å². The summed E-state index contributed by atoms with van der Waals surface area (Å²) < 4.78 is 0. The van der Waals surface area contributed by atoms with Gasteiger partial charge in [0.15, 0.2) is 0 Å². The highest BCUT2D eigenvalue weighted by Crippen LogP contribution is 2.20. The van der Waals surface area contributed by atoms with E-state index in [0.717, 1.165) is 56.8 Å². The lowest BCUT2D eigenvalue weighted by molar-refractivity contribution is 0.00841. The van der Waals surface area contributed by atoms with Gasteiger partial charge in [-0.25, -0.2) is 0 Å². The average molecular weight is 314 g/mol. The standard InChI is InChI=1S/C16H22N6O/c1-2-20-5-7-21(8-6-20)13-10-22(11-13)16(23)12-3-4-14-15(9-12)18-19-17-14/h3-4,9,13H,2,5-8,10-11H2,1H3,(H,17,18,19). The van der Waals surface area contributed by atoms with Crippen LogP contribution in [0.2, 0.25) is 0 Å². The number of nitrogens with one attached hydrogen (secondary N) is 1. The second-order valence-electron chi connectivity index (χ2n) is 6.36. The molecule has 0 radical (unpaired) electrons. The zero-order valence-corrected chi connectivity index (χ0v) is 13.4. The maximum Gasteiger partial charge on any atom is 0.254 e. The third-order valence-electron chi connectivity index (χ3n) is 5.08. The summed E-state index contributed by atoms with van der Waals surface area (Å²) in [4.78, 5) is 19.5. The average Bonchev–Trinajstić information content (AvgIpc) is 3.01. The highest BCUT2D eigenvalue weighted by atomic mass is 16.2. The van der Waals surface area contributed by atoms with E-state index in [1.54, 1.807) is 0 Å². The van der Waals surface area contributed by atoms with Gasteiger partial charge in [0.05, 0.1) is 0 Å². The van der Waals surface area contributed by atoms with Gasteiger partial charge < -0.3 is 9.80 Å². The molecular weight excluding hydrogens is 292 g/mol. The summed E-state index contributed by atoms with van der Waals surface area (Å²) in [5, 5.41) is 10.6. The number of rotatable bonds is 3. The Morgan fingerprint density at radius 2 is 1.91 bits per heavy atom. The van der Waals surface area contributed by atoms with Gasteiger partial charge in [0, 0.05) is 50.9 Å². The number of benzene rings is 1. The van der Waals surface area contributed by atoms with Crippen molar-refractivity contribution in [1.82, 2.24) is 30.1 Å². The summed E-state index contributed by atoms with van der Waals surface area (Å²) in [5.41, 5.74) is 2.22. The van der Waals surface area contributed by atoms with Crippen molar-refractivity contribution in [2.75, 3.05) is 45.8 Å². The van der Waals surface area contributed by atoms with E-state index >= 15 is 0 Å². The van der Waals surface area contributed by atoms with Gasteiger partial charge in [-0.15, -0.1) is 0 Å². The summed E-state index contributed by atoms with van der Waals surface area (Å²) in [6.45, 7) is 9.53. The van der Waals surface area contributed by atoms with Gasteiger partial charge in [-0.05, 0) is 24.7 Å². The largest absolute Gasteiger partial charge is 0.335 e. The Morgan fingerprint density at radius 3 is 2.65 bits per heavy atom. The fourth-order valence-electron chi connectivity index (χ4n) is 3.45. The first kappa shape index (κ1) is 14.6. The molecule has 0 bridgehead atoms. The predicted octanol–water partition coefficient (Wildman–Crippen LogP) is 0.420. The van der Waals surface area contributed by atoms with Gasteiger partial charge in [-0.3, -0.25) is 9.69 Å². The molecule has 0 aliphatic carbocycles. The van der Waals surface area contributed by atoms with Gasteiger partial charge in [0.2, 0.25) is 0 Å². The molecule has 7 heteroatoms. The molecule has 1 aromatic carbocycles. The van der Waals surface area contributed by atoms with Crippen molar-refractivity contribution < 1.29 is 4.79 Å². The van der Waals surface area contributed by atoms with Crippen molar-refractivity contribution in [1.29, 1.82) is 0 Å². The number of likely N-dealkylation sites (N-methyl/N-ethyl adjacent to an activating group) is 1. The van der Waals surface area contributed by atoms with Crippen LogP contribution in [-0.4, -0.2) is 87.9 Å². The lowest BCUT2D eigenvalue weighted by Gasteiger charge is -2.48. The molecule has 2 aliphatic heterocycles. The first-order valence-electron chi connectivity index (χ1n) is 8.31. The number of fused-ring (bicyclic) bond motifs is 1. The van der Waals surface area contributed by atoms with E-state index in [9.17, 15) is 4.79 Å². The van der Waals surface area contributed by atoms with Crippen LogP contribution in [0.5, 0.6) is 0 Å². The lowest BCUT2D eigenvalue weighted by Crippen LogP contribution is -2.64. The van der Waals surface area contributed by atoms with Crippen LogP contribution in [0.15, 0.2) is 18.2 Å². The maximum atomic E-state index is 12.6. The van der Waals surface area contributed by atoms with Crippen molar-refractivity contribution >= 4 is 16.9 Å². The minimum absolute atomic E-state index is 0.0957. The minimum Gasteiger partial charge on any atom is -0.335 e. The van der Waals surface area contributed by atoms with Crippen LogP contribution in [0.4, 0.5) is 0 Å². The van der Waals surface area contributed by atoms with E-state index in [1.807, 2.05) is 23.1 Å². The summed E-state index contributed by atoms with van der Waals surface area (Å²) in [7, 11) is 0. The number of piperazine rings is 1. The van der Waals surface area contributed by atoms with E-state index in [2.05, 4.69) is 32.1 Å². The summed E-state index contributed by atoms with van der Waals surface area (Å²) in [6, 6.07) is 6.01. The molecule has 1 N–H and O–H groups in total. The zero-order valence-electron chi connectivity index (χ0n) is 13.4. The molecule has 0 saturated carbocycles. The van der Waals surface area contributed by atoms with Gasteiger partial charge in [-0.1, -0.05) is 6.92 Å². The van der Waals surface area contributed by atoms with Crippen LogP contribution in [0.25, 0.3) is 11.0 Å². The Bertz CT molecular complexity index is 699. The van der Waals surface area contributed by atoms with Gasteiger partial charge in [0.25, 0.3) is 5.91 Å². The summed E-state index contributed by atoms with van der Waals surface area (Å²) in [6.07, 6.45) is 0. The van der Waals surface area contributed by atoms with E-state index < -0.39 is 0 Å². The monoisotopic (exact) mass is 314 g/mol. The molecule has 2 aromatic rings. The normalized spacial score (nSPS) is 20.8. The third-order valence-corrected chi connectivity index (χ3v) is 5.08. The van der Waals surface area contributed by atoms with Gasteiger partial charge in [0.1, 0.15) is 11.0 Å². The van der Waals surface area contributed by atoms with Gasteiger partial charge in [-0.2, -0.15) is 15.4 Å². The Kier molecular flexibility index (Phi) is 3.74. The van der Waals surface area contributed by atoms with Crippen LogP contribution in [0.3, 0.4) is 0 Å². The molecule has 23 heavy (non-hydrogen) atoms. The fraction of sp³-hybridized carbons (Fsp3) is 0.562. The fourth-order valence-corrected chi connectivity index (χ4v) is 3.45. The molecule has 122 valence electrons. The molecule has 0 spiro atoms. The smallest absolute Gasteiger partial charge is 0.254 e. The third kappa shape index (κ3) is 2.70. The van der Waals surface area contributed by atoms with Crippen molar-refractivity contribution in [2.24, 2.45) is 0 Å². The SMILES string of the molecule is CCN1CCN(C2CN(C(=O)c3ccc4n[nH]nc4c3)C2)CC1. The molecule has 2 fully saturated rings. The molecule has 0 atom stereocenters. The molecule has 2 aliphatic rings. The van der Waals surface area contributed by atoms with Crippen LogP contribution in [-0.2, 0) is 0 Å². The van der Waals surface area contributed by atoms with Gasteiger partial charge >= 0.3 is 0 Å². The quantitative estimate of drug-likeness (QED) is 0.889. The number of amides is 1. The molecule has 0 unspecified atom stereocenters. The number of likely N-dealkylation sites (tertiary alicyclic amines) is 1. The summed E-state index contributed by atoms with van der Waals surface area (Å²) >= 11 is 0. The molecule has 2 saturated heterocycles. The molecule has 1 amide bonds. The highest BCUT2D eigenvalue weighted by molar-refractivity contribution is 5.97. The zero-order chi connectivity index (χ0) is 15.8. The first-order valence-corrected chi connectivity index (χ1v) is 8.31. The van der Waals surface area contributed by atoms with Crippen LogP contribution < -0.4 is 0 Å². The predicted molar refractivity (Wildman–Crippen MR) is 87.3 cm³/mol. The number of carbonyl (C=O) groups is 1. The second-order valence-corrected chi connectivity index (χ2v) is 6.36. The minimum atomic E-state index is 0.0957. The first-order chi connectivity index (χ1) is 11.2. The topological polar surface area (TPSA) is 68.4 Å². The number of aromatic nitrogens is 3. The number of hydrogen-bond acceptors (Lipinski definition) is 5. The molecule has 3 heterocycles.